The Bertz CT molecular complexity index is 575. The molecule has 2 aliphatic rings. The maximum absolute atomic E-state index is 6.21. The molecule has 0 saturated heterocycles. The third kappa shape index (κ3) is 3.50. The second-order valence-electron chi connectivity index (χ2n) is 5.53. The van der Waals surface area contributed by atoms with E-state index in [9.17, 15) is 0 Å². The number of allylic oxidation sites excluding steroid dienone is 1. The van der Waals surface area contributed by atoms with Gasteiger partial charge in [-0.1, -0.05) is 31.0 Å². The van der Waals surface area contributed by atoms with Crippen molar-refractivity contribution in [1.82, 2.24) is 15.3 Å². The van der Waals surface area contributed by atoms with Crippen LogP contribution in [-0.2, 0) is 0 Å². The highest BCUT2D eigenvalue weighted by atomic mass is 32.2. The molecule has 0 amide bonds. The zero-order valence-electron chi connectivity index (χ0n) is 12.2. The van der Waals surface area contributed by atoms with Crippen molar-refractivity contribution in [2.24, 2.45) is 5.73 Å². The molecule has 1 aliphatic carbocycles. The van der Waals surface area contributed by atoms with Crippen molar-refractivity contribution in [3.63, 3.8) is 0 Å². The van der Waals surface area contributed by atoms with Crippen LogP contribution in [0.4, 0.5) is 5.95 Å². The number of hydrogen-bond donors (Lipinski definition) is 3. The fourth-order valence-corrected chi connectivity index (χ4v) is 3.45. The molecule has 0 spiro atoms. The van der Waals surface area contributed by atoms with Gasteiger partial charge >= 0.3 is 0 Å². The smallest absolute Gasteiger partial charge is 0.223 e. The van der Waals surface area contributed by atoms with Crippen molar-refractivity contribution < 1.29 is 0 Å². The third-order valence-corrected chi connectivity index (χ3v) is 4.81. The average molecular weight is 303 g/mol. The van der Waals surface area contributed by atoms with Crippen LogP contribution in [0.2, 0.25) is 0 Å². The summed E-state index contributed by atoms with van der Waals surface area (Å²) in [5, 5.41) is 9.67. The summed E-state index contributed by atoms with van der Waals surface area (Å²) in [7, 11) is 0. The van der Waals surface area contributed by atoms with Crippen LogP contribution in [0.3, 0.4) is 0 Å². The Kier molecular flexibility index (Phi) is 4.34. The van der Waals surface area contributed by atoms with E-state index in [1.807, 2.05) is 18.4 Å². The number of hydrogen-bond acceptors (Lipinski definition) is 6. The Morgan fingerprint density at radius 1 is 1.38 bits per heavy atom. The van der Waals surface area contributed by atoms with E-state index < -0.39 is 0 Å². The minimum Gasteiger partial charge on any atom is -0.395 e. The predicted octanol–water partition coefficient (Wildman–Crippen LogP) is 3.00. The van der Waals surface area contributed by atoms with E-state index in [1.165, 1.54) is 32.1 Å². The maximum atomic E-state index is 6.21. The van der Waals surface area contributed by atoms with Crippen LogP contribution in [0.1, 0.15) is 44.7 Å². The topological polar surface area (TPSA) is 75.9 Å². The molecule has 0 bridgehead atoms. The summed E-state index contributed by atoms with van der Waals surface area (Å²) in [6.45, 7) is 2.02. The molecule has 1 fully saturated rings. The van der Waals surface area contributed by atoms with Gasteiger partial charge in [0.1, 0.15) is 5.03 Å². The zero-order chi connectivity index (χ0) is 14.7. The maximum Gasteiger partial charge on any atom is 0.223 e. The highest BCUT2D eigenvalue weighted by Gasteiger charge is 2.16. The quantitative estimate of drug-likeness (QED) is 0.797. The van der Waals surface area contributed by atoms with E-state index in [2.05, 4.69) is 20.6 Å². The molecule has 0 atom stereocenters. The van der Waals surface area contributed by atoms with Gasteiger partial charge in [0.05, 0.1) is 11.4 Å². The molecule has 1 aliphatic heterocycles. The SMILES string of the molecule is CC1=CS/C(=C(/N)c2ccnc(NC3CCCCC3)n2)N1. The van der Waals surface area contributed by atoms with Gasteiger partial charge in [-0.2, -0.15) is 0 Å². The summed E-state index contributed by atoms with van der Waals surface area (Å²) < 4.78 is 0. The van der Waals surface area contributed by atoms with E-state index in [0.717, 1.165) is 16.4 Å². The lowest BCUT2D eigenvalue weighted by atomic mass is 9.96. The van der Waals surface area contributed by atoms with Gasteiger partial charge in [0.15, 0.2) is 0 Å². The number of anilines is 1. The van der Waals surface area contributed by atoms with Crippen LogP contribution < -0.4 is 16.4 Å². The number of thioether (sulfide) groups is 1. The Balaban J connectivity index is 1.74. The minimum absolute atomic E-state index is 0.491. The van der Waals surface area contributed by atoms with Crippen molar-refractivity contribution in [3.8, 4) is 0 Å². The van der Waals surface area contributed by atoms with Gasteiger partial charge < -0.3 is 16.4 Å². The van der Waals surface area contributed by atoms with Crippen LogP contribution in [0.25, 0.3) is 5.70 Å². The predicted molar refractivity (Wildman–Crippen MR) is 88.1 cm³/mol. The normalized spacial score (nSPS) is 21.7. The highest BCUT2D eigenvalue weighted by Crippen LogP contribution is 2.28. The van der Waals surface area contributed by atoms with Gasteiger partial charge in [0.2, 0.25) is 5.95 Å². The Labute approximate surface area is 129 Å². The summed E-state index contributed by atoms with van der Waals surface area (Å²) in [4.78, 5) is 8.87. The summed E-state index contributed by atoms with van der Waals surface area (Å²) in [6, 6.07) is 2.34. The third-order valence-electron chi connectivity index (χ3n) is 3.78. The van der Waals surface area contributed by atoms with Gasteiger partial charge in [0.25, 0.3) is 0 Å². The lowest BCUT2D eigenvalue weighted by Crippen LogP contribution is -2.23. The standard InChI is InChI=1S/C15H21N5S/c1-10-9-21-14(18-10)13(16)12-7-8-17-15(20-12)19-11-5-3-2-4-6-11/h7-9,11,18H,2-6,16H2,1H3,(H,17,19,20)/b14-13+. The molecule has 1 aromatic rings. The Hall–Kier alpha value is -1.69. The van der Waals surface area contributed by atoms with Gasteiger partial charge in [-0.15, -0.1) is 0 Å². The van der Waals surface area contributed by atoms with Crippen LogP contribution in [0.5, 0.6) is 0 Å². The van der Waals surface area contributed by atoms with E-state index in [0.29, 0.717) is 17.7 Å². The largest absolute Gasteiger partial charge is 0.395 e. The fourth-order valence-electron chi connectivity index (χ4n) is 2.64. The molecule has 0 radical (unpaired) electrons. The first-order chi connectivity index (χ1) is 10.2. The number of rotatable bonds is 3. The van der Waals surface area contributed by atoms with E-state index in [-0.39, 0.29) is 0 Å². The van der Waals surface area contributed by atoms with Crippen LogP contribution >= 0.6 is 11.8 Å². The van der Waals surface area contributed by atoms with E-state index >= 15 is 0 Å². The summed E-state index contributed by atoms with van der Waals surface area (Å²) in [6.07, 6.45) is 8.08. The van der Waals surface area contributed by atoms with Crippen LogP contribution in [-0.4, -0.2) is 16.0 Å². The molecule has 1 saturated carbocycles. The first-order valence-electron chi connectivity index (χ1n) is 7.42. The molecule has 4 N–H and O–H groups in total. The number of aromatic nitrogens is 2. The van der Waals surface area contributed by atoms with Crippen LogP contribution in [0.15, 0.2) is 28.4 Å². The second-order valence-corrected chi connectivity index (χ2v) is 6.41. The molecule has 1 aromatic heterocycles. The highest BCUT2D eigenvalue weighted by molar-refractivity contribution is 8.06. The minimum atomic E-state index is 0.491. The van der Waals surface area contributed by atoms with Crippen LogP contribution in [0, 0.1) is 0 Å². The molecular weight excluding hydrogens is 282 g/mol. The lowest BCUT2D eigenvalue weighted by Gasteiger charge is -2.22. The number of nitrogens with zero attached hydrogens (tertiary/aromatic N) is 2. The lowest BCUT2D eigenvalue weighted by molar-refractivity contribution is 0.461. The molecule has 0 aromatic carbocycles. The average Bonchev–Trinajstić information content (AvgIpc) is 2.94. The van der Waals surface area contributed by atoms with Crippen molar-refractivity contribution in [2.75, 3.05) is 5.32 Å². The summed E-state index contributed by atoms with van der Waals surface area (Å²) >= 11 is 1.60. The molecule has 0 unspecified atom stereocenters. The summed E-state index contributed by atoms with van der Waals surface area (Å²) in [5.41, 5.74) is 8.75. The second kappa shape index (κ2) is 6.39. The van der Waals surface area contributed by atoms with Gasteiger partial charge in [0, 0.05) is 17.9 Å². The molecule has 3 rings (SSSR count). The van der Waals surface area contributed by atoms with Gasteiger partial charge in [-0.3, -0.25) is 0 Å². The van der Waals surface area contributed by atoms with E-state index in [4.69, 9.17) is 5.73 Å². The molecule has 112 valence electrons. The van der Waals surface area contributed by atoms with Crippen molar-refractivity contribution in [3.05, 3.63) is 34.1 Å². The zero-order valence-corrected chi connectivity index (χ0v) is 13.0. The van der Waals surface area contributed by atoms with E-state index in [1.54, 1.807) is 18.0 Å². The Morgan fingerprint density at radius 2 is 2.19 bits per heavy atom. The number of nitrogens with one attached hydrogen (secondary N) is 2. The van der Waals surface area contributed by atoms with Crippen molar-refractivity contribution in [2.45, 2.75) is 45.1 Å². The number of nitrogens with two attached hydrogens (primary N) is 1. The first-order valence-corrected chi connectivity index (χ1v) is 8.30. The van der Waals surface area contributed by atoms with Gasteiger partial charge in [-0.05, 0) is 31.2 Å². The fraction of sp³-hybridized carbons (Fsp3) is 0.467. The monoisotopic (exact) mass is 303 g/mol. The molecule has 6 heteroatoms. The molecule has 2 heterocycles. The molecule has 5 nitrogen and oxygen atoms in total. The Morgan fingerprint density at radius 3 is 2.90 bits per heavy atom. The van der Waals surface area contributed by atoms with Crippen molar-refractivity contribution >= 4 is 23.4 Å². The molecular formula is C15H21N5S. The molecule has 21 heavy (non-hydrogen) atoms. The first kappa shape index (κ1) is 14.3. The summed E-state index contributed by atoms with van der Waals surface area (Å²) in [5.74, 6) is 0.677. The van der Waals surface area contributed by atoms with Gasteiger partial charge in [-0.25, -0.2) is 9.97 Å². The van der Waals surface area contributed by atoms with Crippen molar-refractivity contribution in [1.29, 1.82) is 0 Å².